The second-order valence-electron chi connectivity index (χ2n) is 5.78. The summed E-state index contributed by atoms with van der Waals surface area (Å²) in [6.45, 7) is 4.21. The van der Waals surface area contributed by atoms with Crippen molar-refractivity contribution in [1.29, 1.82) is 0 Å². The summed E-state index contributed by atoms with van der Waals surface area (Å²) in [6, 6.07) is 4.83. The van der Waals surface area contributed by atoms with Crippen LogP contribution in [0.2, 0.25) is 0 Å². The number of nitrogens with zero attached hydrogens (tertiary/aromatic N) is 3. The number of alkyl halides is 2. The van der Waals surface area contributed by atoms with Crippen LogP contribution in [0.25, 0.3) is 0 Å². The summed E-state index contributed by atoms with van der Waals surface area (Å²) in [7, 11) is 0. The van der Waals surface area contributed by atoms with Crippen LogP contribution in [0.4, 0.5) is 8.78 Å². The van der Waals surface area contributed by atoms with Crippen molar-refractivity contribution < 1.29 is 22.8 Å². The summed E-state index contributed by atoms with van der Waals surface area (Å²) >= 11 is 0. The maximum Gasteiger partial charge on any atom is 0.387 e. The van der Waals surface area contributed by atoms with Crippen LogP contribution in [0.1, 0.15) is 37.5 Å². The fraction of sp³-hybridized carbons (Fsp3) is 0.500. The van der Waals surface area contributed by atoms with Crippen molar-refractivity contribution >= 4 is 29.9 Å². The van der Waals surface area contributed by atoms with Crippen LogP contribution < -0.4 is 20.1 Å². The second kappa shape index (κ2) is 13.1. The molecule has 1 heterocycles. The molecule has 0 aliphatic rings. The molecule has 0 saturated carbocycles. The van der Waals surface area contributed by atoms with Gasteiger partial charge >= 0.3 is 6.61 Å². The van der Waals surface area contributed by atoms with Crippen LogP contribution in [0.15, 0.2) is 27.7 Å². The Labute approximate surface area is 185 Å². The third kappa shape index (κ3) is 8.79. The van der Waals surface area contributed by atoms with Gasteiger partial charge in [0.1, 0.15) is 11.5 Å². The molecule has 0 aliphatic carbocycles. The highest BCUT2D eigenvalue weighted by atomic mass is 127. The Morgan fingerprint density at radius 2 is 2.07 bits per heavy atom. The van der Waals surface area contributed by atoms with E-state index in [0.29, 0.717) is 42.1 Å². The molecule has 8 nitrogen and oxygen atoms in total. The number of ether oxygens (including phenoxy) is 2. The molecule has 0 aliphatic heterocycles. The normalized spacial score (nSPS) is 11.2. The first kappa shape index (κ1) is 24.9. The summed E-state index contributed by atoms with van der Waals surface area (Å²) in [5.41, 5.74) is 0.509. The number of aromatic nitrogens is 2. The van der Waals surface area contributed by atoms with Crippen LogP contribution in [0.3, 0.4) is 0 Å². The van der Waals surface area contributed by atoms with E-state index >= 15 is 0 Å². The Bertz CT molecular complexity index is 774. The molecule has 11 heteroatoms. The van der Waals surface area contributed by atoms with Crippen LogP contribution in [0.5, 0.6) is 11.5 Å². The summed E-state index contributed by atoms with van der Waals surface area (Å²) in [4.78, 5) is 8.51. The largest absolute Gasteiger partial charge is 0.493 e. The Morgan fingerprint density at radius 3 is 2.69 bits per heavy atom. The van der Waals surface area contributed by atoms with Gasteiger partial charge in [0.15, 0.2) is 11.8 Å². The number of halogens is 3. The topological polar surface area (TPSA) is 93.8 Å². The van der Waals surface area contributed by atoms with Crippen LogP contribution in [0, 0.1) is 6.92 Å². The molecule has 0 atom stereocenters. The summed E-state index contributed by atoms with van der Waals surface area (Å²) < 4.78 is 40.7. The molecule has 0 saturated heterocycles. The van der Waals surface area contributed by atoms with Gasteiger partial charge in [-0.15, -0.1) is 24.0 Å². The molecule has 0 bridgehead atoms. The zero-order valence-electron chi connectivity index (χ0n) is 16.6. The van der Waals surface area contributed by atoms with E-state index in [0.717, 1.165) is 6.42 Å². The van der Waals surface area contributed by atoms with Crippen molar-refractivity contribution in [3.63, 3.8) is 0 Å². The molecule has 0 spiro atoms. The summed E-state index contributed by atoms with van der Waals surface area (Å²) in [5.74, 6) is 1.95. The van der Waals surface area contributed by atoms with Gasteiger partial charge in [-0.3, -0.25) is 0 Å². The number of guanidine groups is 1. The molecule has 0 fully saturated rings. The Morgan fingerprint density at radius 1 is 1.28 bits per heavy atom. The molecule has 1 aromatic heterocycles. The molecule has 1 aromatic carbocycles. The van der Waals surface area contributed by atoms with E-state index in [1.165, 1.54) is 6.07 Å². The van der Waals surface area contributed by atoms with Crippen LogP contribution in [-0.2, 0) is 13.1 Å². The molecule has 2 rings (SSSR count). The molecule has 2 N–H and O–H groups in total. The lowest BCUT2D eigenvalue weighted by Crippen LogP contribution is -2.36. The lowest BCUT2D eigenvalue weighted by Gasteiger charge is -2.13. The van der Waals surface area contributed by atoms with Crippen LogP contribution >= 0.6 is 24.0 Å². The number of aryl methyl sites for hydroxylation is 1. The van der Waals surface area contributed by atoms with Gasteiger partial charge < -0.3 is 24.6 Å². The molecule has 0 unspecified atom stereocenters. The van der Waals surface area contributed by atoms with Gasteiger partial charge in [0.25, 0.3) is 0 Å². The van der Waals surface area contributed by atoms with Crippen molar-refractivity contribution in [2.45, 2.75) is 46.9 Å². The van der Waals surface area contributed by atoms with Gasteiger partial charge in [0.05, 0.1) is 19.7 Å². The molecule has 0 amide bonds. The average molecular weight is 525 g/mol. The maximum atomic E-state index is 12.8. The number of hydrogen-bond donors (Lipinski definition) is 2. The minimum absolute atomic E-state index is 0. The molecule has 0 radical (unpaired) electrons. The first-order valence-electron chi connectivity index (χ1n) is 9.03. The molecule has 2 aromatic rings. The minimum atomic E-state index is -2.93. The predicted molar refractivity (Wildman–Crippen MR) is 115 cm³/mol. The fourth-order valence-corrected chi connectivity index (χ4v) is 2.26. The zero-order chi connectivity index (χ0) is 20.4. The molecular weight excluding hydrogens is 499 g/mol. The van der Waals surface area contributed by atoms with Crippen molar-refractivity contribution in [1.82, 2.24) is 20.8 Å². The Hall–Kier alpha value is -2.18. The van der Waals surface area contributed by atoms with E-state index in [1.807, 2.05) is 13.8 Å². The quantitative estimate of drug-likeness (QED) is 0.278. The number of nitrogens with one attached hydrogen (secondary N) is 2. The molecular formula is C18H26F2IN5O3. The predicted octanol–water partition coefficient (Wildman–Crippen LogP) is 3.64. The van der Waals surface area contributed by atoms with E-state index in [-0.39, 0.29) is 42.8 Å². The zero-order valence-corrected chi connectivity index (χ0v) is 18.9. The number of rotatable bonds is 10. The van der Waals surface area contributed by atoms with Crippen molar-refractivity contribution in [3.8, 4) is 11.5 Å². The van der Waals surface area contributed by atoms with E-state index < -0.39 is 6.61 Å². The first-order chi connectivity index (χ1) is 13.5. The average Bonchev–Trinajstić information content (AvgIpc) is 3.08. The lowest BCUT2D eigenvalue weighted by atomic mass is 10.2. The lowest BCUT2D eigenvalue weighted by molar-refractivity contribution is -0.0505. The van der Waals surface area contributed by atoms with Gasteiger partial charge in [-0.25, -0.2) is 4.99 Å². The Kier molecular flexibility index (Phi) is 11.2. The fourth-order valence-electron chi connectivity index (χ4n) is 2.26. The number of benzene rings is 1. The van der Waals surface area contributed by atoms with Crippen LogP contribution in [-0.4, -0.2) is 35.9 Å². The van der Waals surface area contributed by atoms with Crippen molar-refractivity contribution in [2.75, 3.05) is 13.2 Å². The van der Waals surface area contributed by atoms with Crippen molar-refractivity contribution in [2.24, 2.45) is 4.99 Å². The Balaban J connectivity index is 0.00000420. The first-order valence-corrected chi connectivity index (χ1v) is 9.03. The van der Waals surface area contributed by atoms with Gasteiger partial charge in [0.2, 0.25) is 5.89 Å². The van der Waals surface area contributed by atoms with E-state index in [2.05, 4.69) is 30.5 Å². The van der Waals surface area contributed by atoms with Gasteiger partial charge in [-0.2, -0.15) is 13.8 Å². The maximum absolute atomic E-state index is 12.8. The summed E-state index contributed by atoms with van der Waals surface area (Å²) in [5, 5.41) is 9.83. The minimum Gasteiger partial charge on any atom is -0.493 e. The highest BCUT2D eigenvalue weighted by Gasteiger charge is 2.12. The number of aliphatic imine (C=N–C) groups is 1. The van der Waals surface area contributed by atoms with Gasteiger partial charge in [0, 0.05) is 18.2 Å². The second-order valence-corrected chi connectivity index (χ2v) is 5.78. The highest BCUT2D eigenvalue weighted by molar-refractivity contribution is 14.0. The van der Waals surface area contributed by atoms with Crippen molar-refractivity contribution in [3.05, 3.63) is 35.5 Å². The molecule has 29 heavy (non-hydrogen) atoms. The van der Waals surface area contributed by atoms with Gasteiger partial charge in [-0.05, 0) is 32.4 Å². The third-order valence-corrected chi connectivity index (χ3v) is 3.46. The van der Waals surface area contributed by atoms with E-state index in [4.69, 9.17) is 9.26 Å². The monoisotopic (exact) mass is 525 g/mol. The molecule has 162 valence electrons. The summed E-state index contributed by atoms with van der Waals surface area (Å²) in [6.07, 6.45) is 0.814. The third-order valence-electron chi connectivity index (χ3n) is 3.46. The SMILES string of the molecule is CCCOc1ccc(CN=C(NCC)NCc2nc(C)no2)c(OC(F)F)c1.I. The van der Waals surface area contributed by atoms with E-state index in [9.17, 15) is 8.78 Å². The smallest absolute Gasteiger partial charge is 0.387 e. The standard InChI is InChI=1S/C18H25F2N5O3.HI/c1-4-8-26-14-7-6-13(15(9-14)27-17(19)20)10-22-18(21-5-2)23-11-16-24-12(3)25-28-16;/h6-7,9,17H,4-5,8,10-11H2,1-3H3,(H2,21,22,23);1H. The highest BCUT2D eigenvalue weighted by Crippen LogP contribution is 2.27. The van der Waals surface area contributed by atoms with Gasteiger partial charge in [-0.1, -0.05) is 12.1 Å². The van der Waals surface area contributed by atoms with E-state index in [1.54, 1.807) is 19.1 Å². The number of hydrogen-bond acceptors (Lipinski definition) is 6.